The highest BCUT2D eigenvalue weighted by Crippen LogP contribution is 2.36. The summed E-state index contributed by atoms with van der Waals surface area (Å²) in [5, 5.41) is 13.5. The molecule has 0 saturated heterocycles. The van der Waals surface area contributed by atoms with Gasteiger partial charge in [0.25, 0.3) is 6.02 Å². The largest absolute Gasteiger partial charge is 0.465 e. The zero-order chi connectivity index (χ0) is 18.8. The van der Waals surface area contributed by atoms with Crippen LogP contribution in [0.15, 0.2) is 51.9 Å². The van der Waals surface area contributed by atoms with Gasteiger partial charge >= 0.3 is 5.97 Å². The minimum absolute atomic E-state index is 0.443. The van der Waals surface area contributed by atoms with Gasteiger partial charge in [0.2, 0.25) is 0 Å². The molecule has 1 aliphatic heterocycles. The first-order valence-corrected chi connectivity index (χ1v) is 9.61. The molecule has 7 heteroatoms. The smallest absolute Gasteiger partial charge is 0.338 e. The van der Waals surface area contributed by atoms with Crippen LogP contribution in [0.4, 0.5) is 5.69 Å². The fraction of sp³-hybridized carbons (Fsp3) is 0.300. The third kappa shape index (κ3) is 3.99. The predicted molar refractivity (Wildman–Crippen MR) is 105 cm³/mol. The van der Waals surface area contributed by atoms with E-state index in [0.29, 0.717) is 24.6 Å². The number of carbonyl (C=O) groups is 1. The number of nitrogens with one attached hydrogen (secondary N) is 1. The number of aliphatic hydroxyl groups is 1. The molecule has 2 aromatic rings. The SMILES string of the molecule is O=C(OC1c2cc(NC3=NCCCO3)ccc2CC1O)c1ccc(Br)cc1. The molecule has 1 heterocycles. The van der Waals surface area contributed by atoms with E-state index in [1.165, 1.54) is 0 Å². The van der Waals surface area contributed by atoms with E-state index < -0.39 is 18.2 Å². The van der Waals surface area contributed by atoms with E-state index in [-0.39, 0.29) is 0 Å². The van der Waals surface area contributed by atoms with E-state index >= 15 is 0 Å². The molecule has 0 amide bonds. The predicted octanol–water partition coefficient (Wildman–Crippen LogP) is 3.45. The van der Waals surface area contributed by atoms with Crippen molar-refractivity contribution in [3.05, 3.63) is 63.6 Å². The maximum absolute atomic E-state index is 12.5. The summed E-state index contributed by atoms with van der Waals surface area (Å²) in [6.45, 7) is 1.38. The number of fused-ring (bicyclic) bond motifs is 1. The van der Waals surface area contributed by atoms with Crippen LogP contribution in [0.3, 0.4) is 0 Å². The van der Waals surface area contributed by atoms with Crippen LogP contribution in [0.1, 0.15) is 34.0 Å². The van der Waals surface area contributed by atoms with Crippen LogP contribution >= 0.6 is 15.9 Å². The van der Waals surface area contributed by atoms with Crippen LogP contribution in [0.5, 0.6) is 0 Å². The average molecular weight is 431 g/mol. The summed E-state index contributed by atoms with van der Waals surface area (Å²) in [6, 6.07) is 13.1. The molecule has 140 valence electrons. The van der Waals surface area contributed by atoms with Gasteiger partial charge in [-0.05, 0) is 42.0 Å². The van der Waals surface area contributed by atoms with Gasteiger partial charge in [-0.1, -0.05) is 22.0 Å². The average Bonchev–Trinajstić information content (AvgIpc) is 2.98. The topological polar surface area (TPSA) is 80.2 Å². The third-order valence-electron chi connectivity index (χ3n) is 4.59. The van der Waals surface area contributed by atoms with Gasteiger partial charge in [0.1, 0.15) is 0 Å². The van der Waals surface area contributed by atoms with E-state index in [4.69, 9.17) is 9.47 Å². The monoisotopic (exact) mass is 430 g/mol. The van der Waals surface area contributed by atoms with E-state index in [1.807, 2.05) is 18.2 Å². The molecule has 0 bridgehead atoms. The maximum Gasteiger partial charge on any atom is 0.338 e. The first-order chi connectivity index (χ1) is 13.1. The van der Waals surface area contributed by atoms with Crippen LogP contribution in [0.2, 0.25) is 0 Å². The number of carbonyl (C=O) groups excluding carboxylic acids is 1. The van der Waals surface area contributed by atoms with E-state index in [9.17, 15) is 9.90 Å². The number of anilines is 1. The Hall–Kier alpha value is -2.38. The summed E-state index contributed by atoms with van der Waals surface area (Å²) in [7, 11) is 0. The van der Waals surface area contributed by atoms with Gasteiger partial charge in [-0.3, -0.25) is 0 Å². The highest BCUT2D eigenvalue weighted by atomic mass is 79.9. The number of benzene rings is 2. The normalized spacial score (nSPS) is 21.0. The Morgan fingerprint density at radius 2 is 2.07 bits per heavy atom. The Balaban J connectivity index is 1.53. The van der Waals surface area contributed by atoms with E-state index in [2.05, 4.69) is 26.2 Å². The molecule has 2 atom stereocenters. The number of amidine groups is 1. The number of esters is 1. The Morgan fingerprint density at radius 3 is 2.81 bits per heavy atom. The van der Waals surface area contributed by atoms with Crippen molar-refractivity contribution >= 4 is 33.6 Å². The summed E-state index contributed by atoms with van der Waals surface area (Å²) < 4.78 is 12.0. The minimum atomic E-state index is -0.766. The highest BCUT2D eigenvalue weighted by Gasteiger charge is 2.34. The number of rotatable bonds is 3. The van der Waals surface area contributed by atoms with Gasteiger partial charge in [0.15, 0.2) is 6.10 Å². The quantitative estimate of drug-likeness (QED) is 0.728. The Bertz CT molecular complexity index is 882. The molecule has 0 fully saturated rings. The molecule has 0 spiro atoms. The second-order valence-corrected chi connectivity index (χ2v) is 7.45. The summed E-state index contributed by atoms with van der Waals surface area (Å²) >= 11 is 3.34. The van der Waals surface area contributed by atoms with Crippen molar-refractivity contribution in [2.24, 2.45) is 4.99 Å². The van der Waals surface area contributed by atoms with Crippen LogP contribution in [0.25, 0.3) is 0 Å². The Morgan fingerprint density at radius 1 is 1.26 bits per heavy atom. The molecule has 4 rings (SSSR count). The summed E-state index contributed by atoms with van der Waals surface area (Å²) in [6.07, 6.45) is -0.105. The third-order valence-corrected chi connectivity index (χ3v) is 5.12. The van der Waals surface area contributed by atoms with E-state index in [1.54, 1.807) is 24.3 Å². The van der Waals surface area contributed by atoms with Gasteiger partial charge in [-0.15, -0.1) is 0 Å². The number of aliphatic hydroxyl groups excluding tert-OH is 1. The molecule has 0 aromatic heterocycles. The van der Waals surface area contributed by atoms with Crippen LogP contribution in [-0.4, -0.2) is 36.4 Å². The molecule has 2 aromatic carbocycles. The van der Waals surface area contributed by atoms with Crippen molar-refractivity contribution in [2.45, 2.75) is 25.0 Å². The molecule has 1 aliphatic carbocycles. The fourth-order valence-electron chi connectivity index (χ4n) is 3.23. The van der Waals surface area contributed by atoms with Gasteiger partial charge in [0.05, 0.1) is 18.3 Å². The number of halogens is 1. The molecule has 2 N–H and O–H groups in total. The molecular formula is C20H19BrN2O4. The standard InChI is InChI=1S/C20H19BrN2O4/c21-14-5-2-12(3-6-14)19(25)27-18-16-11-15(7-4-13(16)10-17(18)24)23-20-22-8-1-9-26-20/h2-7,11,17-18,24H,1,8-10H2,(H,22,23). The number of hydrogen-bond acceptors (Lipinski definition) is 6. The first kappa shape index (κ1) is 18.0. The Labute approximate surface area is 165 Å². The second-order valence-electron chi connectivity index (χ2n) is 6.53. The first-order valence-electron chi connectivity index (χ1n) is 8.82. The number of nitrogens with zero attached hydrogens (tertiary/aromatic N) is 1. The van der Waals surface area contributed by atoms with Crippen LogP contribution < -0.4 is 5.32 Å². The van der Waals surface area contributed by atoms with Crippen molar-refractivity contribution in [1.82, 2.24) is 0 Å². The van der Waals surface area contributed by atoms with Crippen LogP contribution in [-0.2, 0) is 15.9 Å². The lowest BCUT2D eigenvalue weighted by Crippen LogP contribution is -2.22. The summed E-state index contributed by atoms with van der Waals surface area (Å²) in [5.74, 6) is -0.460. The maximum atomic E-state index is 12.5. The number of ether oxygens (including phenoxy) is 2. The van der Waals surface area contributed by atoms with Gasteiger partial charge < -0.3 is 19.9 Å². The van der Waals surface area contributed by atoms with Gasteiger partial charge in [-0.25, -0.2) is 9.79 Å². The van der Waals surface area contributed by atoms with E-state index in [0.717, 1.165) is 34.3 Å². The molecule has 0 saturated carbocycles. The van der Waals surface area contributed by atoms with Crippen molar-refractivity contribution in [2.75, 3.05) is 18.5 Å². The number of hydrogen-bond donors (Lipinski definition) is 2. The number of aliphatic imine (C=N–C) groups is 1. The zero-order valence-electron chi connectivity index (χ0n) is 14.5. The van der Waals surface area contributed by atoms with Crippen LogP contribution in [0, 0.1) is 0 Å². The molecule has 0 radical (unpaired) electrons. The van der Waals surface area contributed by atoms with Crippen molar-refractivity contribution in [1.29, 1.82) is 0 Å². The lowest BCUT2D eigenvalue weighted by atomic mass is 10.1. The van der Waals surface area contributed by atoms with Gasteiger partial charge in [0, 0.05) is 35.1 Å². The Kier molecular flexibility index (Phi) is 5.13. The summed E-state index contributed by atoms with van der Waals surface area (Å²) in [5.41, 5.74) is 2.99. The molecule has 27 heavy (non-hydrogen) atoms. The lowest BCUT2D eigenvalue weighted by molar-refractivity contribution is -0.0116. The molecule has 6 nitrogen and oxygen atoms in total. The molecular weight excluding hydrogens is 412 g/mol. The molecule has 2 aliphatic rings. The lowest BCUT2D eigenvalue weighted by Gasteiger charge is -2.19. The zero-order valence-corrected chi connectivity index (χ0v) is 16.1. The van der Waals surface area contributed by atoms with Crippen molar-refractivity contribution in [3.63, 3.8) is 0 Å². The fourth-order valence-corrected chi connectivity index (χ4v) is 3.50. The van der Waals surface area contributed by atoms with Crippen molar-refractivity contribution < 1.29 is 19.4 Å². The second kappa shape index (κ2) is 7.70. The van der Waals surface area contributed by atoms with Gasteiger partial charge in [-0.2, -0.15) is 0 Å². The minimum Gasteiger partial charge on any atom is -0.465 e. The molecule has 2 unspecified atom stereocenters. The highest BCUT2D eigenvalue weighted by molar-refractivity contribution is 9.10. The summed E-state index contributed by atoms with van der Waals surface area (Å²) in [4.78, 5) is 16.8. The van der Waals surface area contributed by atoms with Crippen molar-refractivity contribution in [3.8, 4) is 0 Å².